The fourth-order valence-electron chi connectivity index (χ4n) is 7.50. The second-order valence-corrected chi connectivity index (χ2v) is 19.7. The van der Waals surface area contributed by atoms with E-state index in [-0.39, 0.29) is 23.4 Å². The van der Waals surface area contributed by atoms with Crippen LogP contribution in [0.2, 0.25) is 26.7 Å². The van der Waals surface area contributed by atoms with E-state index in [2.05, 4.69) is 57.5 Å². The number of nitrogens with zero attached hydrogens (tertiary/aromatic N) is 1. The molecule has 1 heterocycles. The molecule has 1 saturated heterocycles. The lowest BCUT2D eigenvalue weighted by atomic mass is 9.92. The van der Waals surface area contributed by atoms with E-state index >= 15 is 0 Å². The third-order valence-corrected chi connectivity index (χ3v) is 16.6. The average Bonchev–Trinajstić information content (AvgIpc) is 3.37. The van der Waals surface area contributed by atoms with Gasteiger partial charge in [-0.2, -0.15) is 0 Å². The lowest BCUT2D eigenvalue weighted by Gasteiger charge is -2.46. The maximum Gasteiger partial charge on any atom is 0.335 e. The molecule has 0 bridgehead atoms. The third-order valence-electron chi connectivity index (χ3n) is 9.82. The quantitative estimate of drug-likeness (QED) is 0.216. The van der Waals surface area contributed by atoms with Gasteiger partial charge in [0.15, 0.2) is 0 Å². The number of carboxylic acids is 1. The molecule has 11 heteroatoms. The van der Waals surface area contributed by atoms with Crippen molar-refractivity contribution in [2.45, 2.75) is 109 Å². The van der Waals surface area contributed by atoms with Crippen molar-refractivity contribution in [3.8, 4) is 11.1 Å². The molecule has 254 valence electrons. The van der Waals surface area contributed by atoms with Crippen molar-refractivity contribution in [3.63, 3.8) is 0 Å². The molecule has 0 spiro atoms. The van der Waals surface area contributed by atoms with Crippen molar-refractivity contribution in [2.24, 2.45) is 11.7 Å². The Morgan fingerprint density at radius 1 is 0.935 bits per heavy atom. The second-order valence-electron chi connectivity index (χ2n) is 13.5. The summed E-state index contributed by atoms with van der Waals surface area (Å²) in [5, 5.41) is 12.4. The van der Waals surface area contributed by atoms with Crippen LogP contribution in [0.15, 0.2) is 36.4 Å². The van der Waals surface area contributed by atoms with E-state index in [0.717, 1.165) is 55.3 Å². The van der Waals surface area contributed by atoms with Crippen LogP contribution in [-0.4, -0.2) is 62.0 Å². The van der Waals surface area contributed by atoms with Crippen LogP contribution >= 0.6 is 23.2 Å². The maximum atomic E-state index is 13.6. The van der Waals surface area contributed by atoms with Crippen LogP contribution < -0.4 is 11.1 Å². The lowest BCUT2D eigenvalue weighted by Crippen LogP contribution is -2.51. The molecule has 0 aromatic heterocycles. The average molecular weight is 693 g/mol. The Balaban J connectivity index is 0.00000107. The van der Waals surface area contributed by atoms with Gasteiger partial charge in [0.1, 0.15) is 0 Å². The Bertz CT molecular complexity index is 1320. The number of carboxylic acid groups (broad SMARTS) is 1. The van der Waals surface area contributed by atoms with E-state index in [1.54, 1.807) is 24.3 Å². The first kappa shape index (κ1) is 37.9. The monoisotopic (exact) mass is 691 g/mol. The molecule has 46 heavy (non-hydrogen) atoms. The first-order chi connectivity index (χ1) is 21.6. The Morgan fingerprint density at radius 3 is 1.87 bits per heavy atom. The summed E-state index contributed by atoms with van der Waals surface area (Å²) in [5.41, 5.74) is 8.95. The molecule has 4 rings (SSSR count). The fraction of sp³-hybridized carbons (Fsp3) is 0.571. The number of nitrogens with one attached hydrogen (secondary N) is 1. The number of halogens is 2. The number of nitrogens with two attached hydrogens (primary N) is 1. The molecule has 1 aliphatic heterocycles. The molecule has 0 unspecified atom stereocenters. The van der Waals surface area contributed by atoms with E-state index in [4.69, 9.17) is 32.7 Å². The standard InChI is InChI=1S/C33H45Cl2NO4Si.C2H6N2O/c1-20(2)41(21(3)4,22(5)6)40-28-13-11-27(12-14-28)36-16-15-25(32(36)37)17-29-30(34)18-26(19-31(29)35)23-7-9-24(10-8-23)33(38)39;1-4-2(3)5/h7-10,18-22,25,27-28H,11-17H2,1-6H3,(H,38,39);1H3,(H3,3,4,5)/t25-,27?,28?;/m0./s1. The Hall–Kier alpha value is -2.59. The normalized spacial score (nSPS) is 20.2. The van der Waals surface area contributed by atoms with Gasteiger partial charge in [0.2, 0.25) is 14.2 Å². The van der Waals surface area contributed by atoms with Crippen molar-refractivity contribution in [2.75, 3.05) is 13.6 Å². The zero-order valence-electron chi connectivity index (χ0n) is 28.2. The zero-order valence-corrected chi connectivity index (χ0v) is 30.8. The molecule has 1 atom stereocenters. The minimum absolute atomic E-state index is 0.123. The predicted octanol–water partition coefficient (Wildman–Crippen LogP) is 8.54. The van der Waals surface area contributed by atoms with Gasteiger partial charge in [-0.05, 0) is 96.1 Å². The van der Waals surface area contributed by atoms with Gasteiger partial charge in [0.05, 0.1) is 5.56 Å². The van der Waals surface area contributed by atoms with Gasteiger partial charge in [0.25, 0.3) is 0 Å². The lowest BCUT2D eigenvalue weighted by molar-refractivity contribution is -0.133. The molecular weight excluding hydrogens is 641 g/mol. The number of urea groups is 1. The number of hydrogen-bond acceptors (Lipinski definition) is 4. The van der Waals surface area contributed by atoms with Crippen LogP contribution in [0.5, 0.6) is 0 Å². The highest BCUT2D eigenvalue weighted by atomic mass is 35.5. The molecule has 1 aliphatic carbocycles. The van der Waals surface area contributed by atoms with Gasteiger partial charge in [-0.1, -0.05) is 76.9 Å². The summed E-state index contributed by atoms with van der Waals surface area (Å²) >= 11 is 13.4. The van der Waals surface area contributed by atoms with Crippen molar-refractivity contribution in [1.82, 2.24) is 10.2 Å². The largest absolute Gasteiger partial charge is 0.478 e. The van der Waals surface area contributed by atoms with E-state index in [0.29, 0.717) is 39.2 Å². The van der Waals surface area contributed by atoms with Gasteiger partial charge in [-0.15, -0.1) is 0 Å². The van der Waals surface area contributed by atoms with Gasteiger partial charge < -0.3 is 25.5 Å². The number of rotatable bonds is 10. The van der Waals surface area contributed by atoms with Crippen LogP contribution in [0, 0.1) is 5.92 Å². The summed E-state index contributed by atoms with van der Waals surface area (Å²) in [7, 11) is -0.435. The molecule has 2 aliphatic rings. The van der Waals surface area contributed by atoms with Gasteiger partial charge >= 0.3 is 12.0 Å². The van der Waals surface area contributed by atoms with Crippen molar-refractivity contribution in [1.29, 1.82) is 0 Å². The summed E-state index contributed by atoms with van der Waals surface area (Å²) in [6.45, 7) is 14.8. The molecular formula is C35H51Cl2N3O5Si. The van der Waals surface area contributed by atoms with Gasteiger partial charge in [0, 0.05) is 41.7 Å². The zero-order chi connectivity index (χ0) is 34.3. The van der Waals surface area contributed by atoms with Crippen molar-refractivity contribution >= 4 is 49.4 Å². The summed E-state index contributed by atoms with van der Waals surface area (Å²) in [6, 6.07) is 10.1. The number of carbonyl (C=O) groups excluding carboxylic acids is 2. The Morgan fingerprint density at radius 2 is 1.43 bits per heavy atom. The fourth-order valence-corrected chi connectivity index (χ4v) is 13.8. The molecule has 4 N–H and O–H groups in total. The van der Waals surface area contributed by atoms with Crippen molar-refractivity contribution in [3.05, 3.63) is 57.6 Å². The van der Waals surface area contributed by atoms with Crippen LogP contribution in [0.25, 0.3) is 11.1 Å². The van der Waals surface area contributed by atoms with Crippen LogP contribution in [0.4, 0.5) is 4.79 Å². The van der Waals surface area contributed by atoms with Gasteiger partial charge in [-0.3, -0.25) is 4.79 Å². The van der Waals surface area contributed by atoms with E-state index in [9.17, 15) is 14.4 Å². The molecule has 2 aromatic rings. The molecule has 2 aromatic carbocycles. The Labute approximate surface area is 285 Å². The van der Waals surface area contributed by atoms with Crippen molar-refractivity contribution < 1.29 is 23.9 Å². The molecule has 3 amide bonds. The summed E-state index contributed by atoms with van der Waals surface area (Å²) < 4.78 is 7.07. The molecule has 2 fully saturated rings. The highest BCUT2D eigenvalue weighted by Crippen LogP contribution is 2.45. The third kappa shape index (κ3) is 8.85. The topological polar surface area (TPSA) is 122 Å². The molecule has 8 nitrogen and oxygen atoms in total. The minimum Gasteiger partial charge on any atom is -0.478 e. The predicted molar refractivity (Wildman–Crippen MR) is 189 cm³/mol. The maximum absolute atomic E-state index is 13.6. The second kappa shape index (κ2) is 16.5. The highest BCUT2D eigenvalue weighted by Gasteiger charge is 2.47. The Kier molecular flexibility index (Phi) is 13.6. The van der Waals surface area contributed by atoms with E-state index < -0.39 is 20.3 Å². The number of likely N-dealkylation sites (tertiary alicyclic amines) is 1. The summed E-state index contributed by atoms with van der Waals surface area (Å²) in [5.74, 6) is -0.876. The smallest absolute Gasteiger partial charge is 0.335 e. The number of amides is 3. The van der Waals surface area contributed by atoms with Crippen LogP contribution in [-0.2, 0) is 15.6 Å². The highest BCUT2D eigenvalue weighted by molar-refractivity contribution is 6.77. The SMILES string of the molecule is CC(C)[Si](OC1CCC(N2CC[C@@H](Cc3c(Cl)cc(-c4ccc(C(=O)O)cc4)cc3Cl)C2=O)CC1)(C(C)C)C(C)C.CNC(N)=O. The molecule has 1 saturated carbocycles. The van der Waals surface area contributed by atoms with Crippen LogP contribution in [0.1, 0.15) is 89.6 Å². The number of primary amides is 1. The minimum atomic E-state index is -1.91. The number of benzene rings is 2. The van der Waals surface area contributed by atoms with E-state index in [1.807, 2.05) is 12.1 Å². The molecule has 0 radical (unpaired) electrons. The first-order valence-electron chi connectivity index (χ1n) is 16.4. The van der Waals surface area contributed by atoms with E-state index in [1.165, 1.54) is 7.05 Å². The van der Waals surface area contributed by atoms with Gasteiger partial charge in [-0.25, -0.2) is 9.59 Å². The number of hydrogen-bond donors (Lipinski definition) is 3. The first-order valence-corrected chi connectivity index (χ1v) is 19.3. The summed E-state index contributed by atoms with van der Waals surface area (Å²) in [4.78, 5) is 36.3. The summed E-state index contributed by atoms with van der Waals surface area (Å²) in [6.07, 6.45) is 5.67. The number of aromatic carboxylic acids is 1. The number of carbonyl (C=O) groups is 3. The van der Waals surface area contributed by atoms with Crippen LogP contribution in [0.3, 0.4) is 0 Å².